The van der Waals surface area contributed by atoms with Gasteiger partial charge in [-0.1, -0.05) is 66.7 Å². The van der Waals surface area contributed by atoms with Gasteiger partial charge in [-0.25, -0.2) is 9.59 Å². The van der Waals surface area contributed by atoms with Gasteiger partial charge in [0.25, 0.3) is 0 Å². The highest BCUT2D eigenvalue weighted by Gasteiger charge is 2.27. The lowest BCUT2D eigenvalue weighted by molar-refractivity contribution is -0.147. The van der Waals surface area contributed by atoms with E-state index in [1.54, 1.807) is 0 Å². The van der Waals surface area contributed by atoms with Gasteiger partial charge >= 0.3 is 12.1 Å². The topological polar surface area (TPSA) is 64.6 Å². The van der Waals surface area contributed by atoms with Crippen molar-refractivity contribution in [2.75, 3.05) is 13.2 Å². The first-order chi connectivity index (χ1) is 10.9. The van der Waals surface area contributed by atoms with E-state index in [4.69, 9.17) is 9.47 Å². The molecular weight excluding hydrogens is 294 g/mol. The minimum absolute atomic E-state index is 0.00851. The Morgan fingerprint density at radius 2 is 1.61 bits per heavy atom. The molecule has 0 saturated heterocycles. The van der Waals surface area contributed by atoms with Crippen molar-refractivity contribution in [3.8, 4) is 0 Å². The number of rotatable bonds is 12. The van der Waals surface area contributed by atoms with Gasteiger partial charge in [-0.2, -0.15) is 0 Å². The van der Waals surface area contributed by atoms with E-state index in [1.807, 2.05) is 27.7 Å². The quantitative estimate of drug-likeness (QED) is 0.428. The third-order valence-electron chi connectivity index (χ3n) is 3.78. The van der Waals surface area contributed by atoms with Crippen molar-refractivity contribution in [2.45, 2.75) is 79.2 Å². The van der Waals surface area contributed by atoms with Crippen LogP contribution < -0.4 is 5.32 Å². The Balaban J connectivity index is 4.25. The molecule has 0 radical (unpaired) electrons. The SMILES string of the molecule is CCCCCCCOC(=O)[C@@H](NC(=O)OCC(C)C)C(C)CC. The van der Waals surface area contributed by atoms with E-state index in [2.05, 4.69) is 12.2 Å². The van der Waals surface area contributed by atoms with Crippen LogP contribution in [0.4, 0.5) is 4.79 Å². The first-order valence-electron chi connectivity index (χ1n) is 9.02. The molecule has 23 heavy (non-hydrogen) atoms. The smallest absolute Gasteiger partial charge is 0.407 e. The number of esters is 1. The summed E-state index contributed by atoms with van der Waals surface area (Å²) in [6, 6.07) is -0.643. The molecule has 1 N–H and O–H groups in total. The summed E-state index contributed by atoms with van der Waals surface area (Å²) in [6.07, 6.45) is 5.74. The molecule has 0 aromatic carbocycles. The van der Waals surface area contributed by atoms with Gasteiger partial charge in [0.15, 0.2) is 0 Å². The molecule has 1 unspecified atom stereocenters. The van der Waals surface area contributed by atoms with Gasteiger partial charge in [0.1, 0.15) is 6.04 Å². The summed E-state index contributed by atoms with van der Waals surface area (Å²) >= 11 is 0. The zero-order valence-corrected chi connectivity index (χ0v) is 15.5. The molecule has 0 saturated carbocycles. The second kappa shape index (κ2) is 13.2. The number of hydrogen-bond acceptors (Lipinski definition) is 4. The van der Waals surface area contributed by atoms with E-state index in [0.29, 0.717) is 13.2 Å². The number of amides is 1. The highest BCUT2D eigenvalue weighted by atomic mass is 16.6. The standard InChI is InChI=1S/C18H35NO4/c1-6-8-9-10-11-12-22-17(20)16(15(5)7-2)19-18(21)23-13-14(3)4/h14-16H,6-13H2,1-5H3,(H,19,21)/t15?,16-/m0/s1. The molecule has 0 rings (SSSR count). The Bertz CT molecular complexity index is 331. The molecule has 0 aliphatic carbocycles. The van der Waals surface area contributed by atoms with Crippen LogP contribution in [0.5, 0.6) is 0 Å². The highest BCUT2D eigenvalue weighted by Crippen LogP contribution is 2.11. The lowest BCUT2D eigenvalue weighted by atomic mass is 9.99. The summed E-state index contributed by atoms with van der Waals surface area (Å²) in [4.78, 5) is 24.0. The van der Waals surface area contributed by atoms with Crippen LogP contribution in [0.1, 0.15) is 73.1 Å². The third kappa shape index (κ3) is 11.0. The number of unbranched alkanes of at least 4 members (excludes halogenated alkanes) is 4. The van der Waals surface area contributed by atoms with Crippen molar-refractivity contribution in [1.29, 1.82) is 0 Å². The summed E-state index contributed by atoms with van der Waals surface area (Å²) in [5, 5.41) is 2.65. The van der Waals surface area contributed by atoms with E-state index in [1.165, 1.54) is 19.3 Å². The zero-order valence-electron chi connectivity index (χ0n) is 15.5. The Hall–Kier alpha value is -1.26. The van der Waals surface area contributed by atoms with Gasteiger partial charge in [-0.3, -0.25) is 0 Å². The molecule has 0 aromatic rings. The van der Waals surface area contributed by atoms with Crippen molar-refractivity contribution in [2.24, 2.45) is 11.8 Å². The van der Waals surface area contributed by atoms with Crippen LogP contribution in [0.25, 0.3) is 0 Å². The van der Waals surface area contributed by atoms with Crippen LogP contribution >= 0.6 is 0 Å². The molecular formula is C18H35NO4. The Labute approximate surface area is 141 Å². The minimum atomic E-state index is -0.643. The summed E-state index contributed by atoms with van der Waals surface area (Å²) in [5.41, 5.74) is 0. The Morgan fingerprint density at radius 3 is 2.17 bits per heavy atom. The van der Waals surface area contributed by atoms with Gasteiger partial charge < -0.3 is 14.8 Å². The maximum Gasteiger partial charge on any atom is 0.407 e. The van der Waals surface area contributed by atoms with Crippen LogP contribution in [0.2, 0.25) is 0 Å². The zero-order chi connectivity index (χ0) is 17.7. The molecule has 0 aliphatic rings. The lowest BCUT2D eigenvalue weighted by Crippen LogP contribution is -2.46. The summed E-state index contributed by atoms with van der Waals surface area (Å²) in [5.74, 6) is -0.0941. The van der Waals surface area contributed by atoms with Crippen molar-refractivity contribution >= 4 is 12.1 Å². The Morgan fingerprint density at radius 1 is 0.957 bits per heavy atom. The second-order valence-electron chi connectivity index (χ2n) is 6.58. The molecule has 136 valence electrons. The summed E-state index contributed by atoms with van der Waals surface area (Å²) in [6.45, 7) is 10.8. The van der Waals surface area contributed by atoms with Crippen LogP contribution in [0, 0.1) is 11.8 Å². The van der Waals surface area contributed by atoms with E-state index in [9.17, 15) is 9.59 Å². The lowest BCUT2D eigenvalue weighted by Gasteiger charge is -2.22. The van der Waals surface area contributed by atoms with Gasteiger partial charge in [0.05, 0.1) is 13.2 Å². The fourth-order valence-electron chi connectivity index (χ4n) is 2.05. The highest BCUT2D eigenvalue weighted by molar-refractivity contribution is 5.81. The molecule has 0 heterocycles. The average Bonchev–Trinajstić information content (AvgIpc) is 2.52. The molecule has 0 fully saturated rings. The number of carbonyl (C=O) groups excluding carboxylic acids is 2. The molecule has 0 bridgehead atoms. The number of ether oxygens (including phenoxy) is 2. The van der Waals surface area contributed by atoms with Crippen LogP contribution in [0.3, 0.4) is 0 Å². The molecule has 5 heteroatoms. The van der Waals surface area contributed by atoms with Crippen molar-refractivity contribution in [1.82, 2.24) is 5.32 Å². The van der Waals surface area contributed by atoms with E-state index >= 15 is 0 Å². The number of nitrogens with one attached hydrogen (secondary N) is 1. The summed E-state index contributed by atoms with van der Waals surface area (Å²) < 4.78 is 10.4. The maximum atomic E-state index is 12.2. The van der Waals surface area contributed by atoms with Crippen molar-refractivity contribution < 1.29 is 19.1 Å². The van der Waals surface area contributed by atoms with Crippen LogP contribution in [-0.4, -0.2) is 31.3 Å². The molecule has 2 atom stereocenters. The molecule has 0 spiro atoms. The van der Waals surface area contributed by atoms with Crippen LogP contribution in [-0.2, 0) is 14.3 Å². The predicted octanol–water partition coefficient (Wildman–Crippen LogP) is 4.30. The number of hydrogen-bond donors (Lipinski definition) is 1. The summed E-state index contributed by atoms with van der Waals surface area (Å²) in [7, 11) is 0. The first-order valence-corrected chi connectivity index (χ1v) is 9.02. The van der Waals surface area contributed by atoms with E-state index in [-0.39, 0.29) is 17.8 Å². The fourth-order valence-corrected chi connectivity index (χ4v) is 2.05. The molecule has 0 aliphatic heterocycles. The number of carbonyl (C=O) groups is 2. The third-order valence-corrected chi connectivity index (χ3v) is 3.78. The van der Waals surface area contributed by atoms with Gasteiger partial charge in [-0.15, -0.1) is 0 Å². The predicted molar refractivity (Wildman–Crippen MR) is 92.3 cm³/mol. The largest absolute Gasteiger partial charge is 0.464 e. The first kappa shape index (κ1) is 21.7. The Kier molecular flexibility index (Phi) is 12.5. The van der Waals surface area contributed by atoms with Crippen LogP contribution in [0.15, 0.2) is 0 Å². The van der Waals surface area contributed by atoms with Crippen molar-refractivity contribution in [3.63, 3.8) is 0 Å². The van der Waals surface area contributed by atoms with Gasteiger partial charge in [0, 0.05) is 0 Å². The second-order valence-corrected chi connectivity index (χ2v) is 6.58. The maximum absolute atomic E-state index is 12.2. The van der Waals surface area contributed by atoms with E-state index in [0.717, 1.165) is 19.3 Å². The van der Waals surface area contributed by atoms with Gasteiger partial charge in [0.2, 0.25) is 0 Å². The average molecular weight is 329 g/mol. The van der Waals surface area contributed by atoms with Gasteiger partial charge in [-0.05, 0) is 18.3 Å². The molecule has 1 amide bonds. The fraction of sp³-hybridized carbons (Fsp3) is 0.889. The molecule has 5 nitrogen and oxygen atoms in total. The van der Waals surface area contributed by atoms with E-state index < -0.39 is 12.1 Å². The normalized spacial score (nSPS) is 13.5. The number of alkyl carbamates (subject to hydrolysis) is 1. The van der Waals surface area contributed by atoms with Crippen molar-refractivity contribution in [3.05, 3.63) is 0 Å². The monoisotopic (exact) mass is 329 g/mol. The minimum Gasteiger partial charge on any atom is -0.464 e. The molecule has 0 aromatic heterocycles.